The van der Waals surface area contributed by atoms with Gasteiger partial charge >= 0.3 is 12.1 Å². The molecule has 0 aromatic carbocycles. The Kier molecular flexibility index (Phi) is 10.7. The van der Waals surface area contributed by atoms with Crippen molar-refractivity contribution in [3.05, 3.63) is 22.4 Å². The minimum atomic E-state index is -0.849. The second-order valence-corrected chi connectivity index (χ2v) is 6.69. The second kappa shape index (κ2) is 11.9. The molecule has 0 fully saturated rings. The summed E-state index contributed by atoms with van der Waals surface area (Å²) in [6.07, 6.45) is 3.18. The van der Waals surface area contributed by atoms with Crippen molar-refractivity contribution in [1.82, 2.24) is 15.3 Å². The summed E-state index contributed by atoms with van der Waals surface area (Å²) in [6.45, 7) is 7.65. The maximum atomic E-state index is 11.3. The SMILES string of the molecule is CC(CCCCO)NC(=O)OC(C)(C)C.COC(=O)c1nc[nH]c(=O)c1O. The molecule has 1 heterocycles. The third-order valence-corrected chi connectivity index (χ3v) is 3.02. The second-order valence-electron chi connectivity index (χ2n) is 6.69. The van der Waals surface area contributed by atoms with Gasteiger partial charge in [-0.15, -0.1) is 0 Å². The van der Waals surface area contributed by atoms with Crippen molar-refractivity contribution in [2.75, 3.05) is 13.7 Å². The summed E-state index contributed by atoms with van der Waals surface area (Å²) in [4.78, 5) is 38.3. The summed E-state index contributed by atoms with van der Waals surface area (Å²) in [6, 6.07) is 0.0893. The van der Waals surface area contributed by atoms with Gasteiger partial charge in [0.1, 0.15) is 5.60 Å². The number of aliphatic hydroxyl groups excluding tert-OH is 1. The number of methoxy groups -OCH3 is 1. The van der Waals surface area contributed by atoms with Crippen LogP contribution in [0.1, 0.15) is 57.4 Å². The molecule has 1 aromatic rings. The van der Waals surface area contributed by atoms with Crippen molar-refractivity contribution in [2.24, 2.45) is 0 Å². The zero-order valence-electron chi connectivity index (χ0n) is 16.4. The van der Waals surface area contributed by atoms with E-state index in [2.05, 4.69) is 20.0 Å². The number of unbranched alkanes of at least 4 members (excludes halogenated alkanes) is 1. The molecule has 154 valence electrons. The first-order chi connectivity index (χ1) is 12.5. The Morgan fingerprint density at radius 2 is 1.96 bits per heavy atom. The van der Waals surface area contributed by atoms with Crippen LogP contribution in [0.25, 0.3) is 0 Å². The molecule has 1 aromatic heterocycles. The standard InChI is InChI=1S/C11H23NO3.C6H6N2O4/c1-9(7-5-6-8-13)12-10(14)15-11(2,3)4;1-12-6(11)3-4(9)5(10)8-2-7-3/h9,13H,5-8H2,1-4H3,(H,12,14);2,9H,1H3,(H,7,8,10). The molecule has 0 spiro atoms. The molecule has 1 unspecified atom stereocenters. The quantitative estimate of drug-likeness (QED) is 0.421. The molecule has 0 bridgehead atoms. The van der Waals surface area contributed by atoms with Crippen LogP contribution in [0.4, 0.5) is 4.79 Å². The van der Waals surface area contributed by atoms with Gasteiger partial charge in [0.2, 0.25) is 5.75 Å². The van der Waals surface area contributed by atoms with Gasteiger partial charge in [0.25, 0.3) is 5.56 Å². The van der Waals surface area contributed by atoms with Gasteiger partial charge in [-0.1, -0.05) is 0 Å². The lowest BCUT2D eigenvalue weighted by atomic mass is 10.1. The van der Waals surface area contributed by atoms with E-state index in [0.717, 1.165) is 32.7 Å². The van der Waals surface area contributed by atoms with Gasteiger partial charge in [0.05, 0.1) is 13.4 Å². The molecule has 1 atom stereocenters. The van der Waals surface area contributed by atoms with E-state index in [9.17, 15) is 14.4 Å². The summed E-state index contributed by atoms with van der Waals surface area (Å²) in [5, 5.41) is 20.3. The normalized spacial score (nSPS) is 11.6. The van der Waals surface area contributed by atoms with Crippen molar-refractivity contribution in [1.29, 1.82) is 0 Å². The van der Waals surface area contributed by atoms with E-state index in [0.29, 0.717) is 0 Å². The Morgan fingerprint density at radius 3 is 2.48 bits per heavy atom. The number of aliphatic hydroxyl groups is 1. The van der Waals surface area contributed by atoms with Crippen LogP contribution in [0, 0.1) is 0 Å². The number of hydrogen-bond acceptors (Lipinski definition) is 8. The molecular weight excluding hydrogens is 358 g/mol. The Balaban J connectivity index is 0.000000511. The fourth-order valence-corrected chi connectivity index (χ4v) is 1.78. The van der Waals surface area contributed by atoms with Crippen LogP contribution in [0.2, 0.25) is 0 Å². The third kappa shape index (κ3) is 10.9. The van der Waals surface area contributed by atoms with Crippen LogP contribution in [0.5, 0.6) is 5.75 Å². The molecule has 0 saturated carbocycles. The van der Waals surface area contributed by atoms with E-state index in [-0.39, 0.29) is 24.4 Å². The number of hydrogen-bond donors (Lipinski definition) is 4. The molecule has 0 aliphatic carbocycles. The Labute approximate surface area is 157 Å². The number of aromatic hydroxyl groups is 1. The van der Waals surface area contributed by atoms with Crippen LogP contribution in [-0.2, 0) is 9.47 Å². The van der Waals surface area contributed by atoms with Crippen LogP contribution in [-0.4, -0.2) is 57.6 Å². The van der Waals surface area contributed by atoms with E-state index in [4.69, 9.17) is 14.9 Å². The number of rotatable bonds is 6. The number of carbonyl (C=O) groups excluding carboxylic acids is 2. The molecule has 0 aliphatic heterocycles. The van der Waals surface area contributed by atoms with Crippen molar-refractivity contribution in [3.8, 4) is 5.75 Å². The van der Waals surface area contributed by atoms with Gasteiger partial charge in [-0.3, -0.25) is 4.79 Å². The summed E-state index contributed by atoms with van der Waals surface area (Å²) in [7, 11) is 1.13. The Morgan fingerprint density at radius 1 is 1.33 bits per heavy atom. The minimum absolute atomic E-state index is 0.0893. The molecule has 1 amide bonds. The topological polar surface area (TPSA) is 151 Å². The van der Waals surface area contributed by atoms with Crippen molar-refractivity contribution in [2.45, 2.75) is 58.6 Å². The first kappa shape index (κ1) is 24.4. The lowest BCUT2D eigenvalue weighted by molar-refractivity contribution is 0.0504. The smallest absolute Gasteiger partial charge is 0.407 e. The largest absolute Gasteiger partial charge is 0.501 e. The predicted molar refractivity (Wildman–Crippen MR) is 97.6 cm³/mol. The number of carbonyl (C=O) groups is 2. The van der Waals surface area contributed by atoms with E-state index in [1.807, 2.05) is 27.7 Å². The number of ether oxygens (including phenoxy) is 2. The summed E-state index contributed by atoms with van der Waals surface area (Å²) >= 11 is 0. The van der Waals surface area contributed by atoms with Crippen LogP contribution in [0.3, 0.4) is 0 Å². The lowest BCUT2D eigenvalue weighted by Gasteiger charge is -2.21. The highest BCUT2D eigenvalue weighted by molar-refractivity contribution is 5.89. The highest BCUT2D eigenvalue weighted by Gasteiger charge is 2.17. The van der Waals surface area contributed by atoms with Gasteiger partial charge in [-0.05, 0) is 47.0 Å². The summed E-state index contributed by atoms with van der Waals surface area (Å²) in [5.74, 6) is -1.58. The van der Waals surface area contributed by atoms with Crippen LogP contribution >= 0.6 is 0 Å². The van der Waals surface area contributed by atoms with Crippen molar-refractivity contribution in [3.63, 3.8) is 0 Å². The predicted octanol–water partition coefficient (Wildman–Crippen LogP) is 1.32. The van der Waals surface area contributed by atoms with Gasteiger partial charge in [-0.25, -0.2) is 14.6 Å². The molecule has 0 saturated heterocycles. The fraction of sp³-hybridized carbons (Fsp3) is 0.647. The molecule has 0 radical (unpaired) electrons. The number of esters is 1. The number of H-pyrrole nitrogens is 1. The molecule has 1 rings (SSSR count). The fourth-order valence-electron chi connectivity index (χ4n) is 1.78. The highest BCUT2D eigenvalue weighted by atomic mass is 16.6. The van der Waals surface area contributed by atoms with Gasteiger partial charge in [0.15, 0.2) is 5.69 Å². The summed E-state index contributed by atoms with van der Waals surface area (Å²) < 4.78 is 9.37. The zero-order chi connectivity index (χ0) is 21.0. The molecule has 0 aliphatic rings. The lowest BCUT2D eigenvalue weighted by Crippen LogP contribution is -2.37. The van der Waals surface area contributed by atoms with E-state index < -0.39 is 22.9 Å². The molecule has 27 heavy (non-hydrogen) atoms. The zero-order valence-corrected chi connectivity index (χ0v) is 16.4. The first-order valence-electron chi connectivity index (χ1n) is 8.47. The van der Waals surface area contributed by atoms with E-state index >= 15 is 0 Å². The van der Waals surface area contributed by atoms with Gasteiger partial charge in [0, 0.05) is 12.6 Å². The van der Waals surface area contributed by atoms with Gasteiger partial charge < -0.3 is 30.0 Å². The summed E-state index contributed by atoms with van der Waals surface area (Å²) in [5.41, 5.74) is -1.61. The first-order valence-corrected chi connectivity index (χ1v) is 8.47. The number of nitrogens with zero attached hydrogens (tertiary/aromatic N) is 1. The third-order valence-electron chi connectivity index (χ3n) is 3.02. The molecule has 10 heteroatoms. The average Bonchev–Trinajstić information content (AvgIpc) is 2.55. The number of alkyl carbamates (subject to hydrolysis) is 1. The number of aromatic nitrogens is 2. The molecular formula is C17H29N3O7. The molecule has 4 N–H and O–H groups in total. The van der Waals surface area contributed by atoms with E-state index in [1.165, 1.54) is 0 Å². The number of aromatic amines is 1. The van der Waals surface area contributed by atoms with E-state index in [1.54, 1.807) is 0 Å². The Hall–Kier alpha value is -2.62. The minimum Gasteiger partial charge on any atom is -0.501 e. The maximum Gasteiger partial charge on any atom is 0.407 e. The molecule has 10 nitrogen and oxygen atoms in total. The van der Waals surface area contributed by atoms with Crippen LogP contribution in [0.15, 0.2) is 11.1 Å². The van der Waals surface area contributed by atoms with Gasteiger partial charge in [-0.2, -0.15) is 0 Å². The van der Waals surface area contributed by atoms with Crippen LogP contribution < -0.4 is 10.9 Å². The number of amides is 1. The maximum absolute atomic E-state index is 11.3. The number of nitrogens with one attached hydrogen (secondary N) is 2. The Bertz CT molecular complexity index is 653. The monoisotopic (exact) mass is 387 g/mol. The van der Waals surface area contributed by atoms with Crippen molar-refractivity contribution < 1.29 is 29.3 Å². The highest BCUT2D eigenvalue weighted by Crippen LogP contribution is 2.08. The van der Waals surface area contributed by atoms with Crippen molar-refractivity contribution >= 4 is 12.1 Å². The average molecular weight is 387 g/mol.